The number of sulfonamides is 1. The van der Waals surface area contributed by atoms with Crippen molar-refractivity contribution in [3.63, 3.8) is 0 Å². The zero-order valence-electron chi connectivity index (χ0n) is 10.4. The van der Waals surface area contributed by atoms with Gasteiger partial charge in [0.1, 0.15) is 5.52 Å². The third-order valence-corrected chi connectivity index (χ3v) is 3.72. The first-order chi connectivity index (χ1) is 8.88. The van der Waals surface area contributed by atoms with E-state index in [0.29, 0.717) is 36.0 Å². The number of aromatic nitrogens is 2. The fourth-order valence-electron chi connectivity index (χ4n) is 1.86. The number of rotatable bonds is 5. The minimum absolute atomic E-state index is 0.360. The third-order valence-electron chi connectivity index (χ3n) is 2.68. The summed E-state index contributed by atoms with van der Waals surface area (Å²) in [6.07, 6.45) is 1.75. The maximum Gasteiger partial charge on any atom is 0.208 e. The summed E-state index contributed by atoms with van der Waals surface area (Å²) >= 11 is 6.04. The Bertz CT molecular complexity index is 696. The molecule has 2 aromatic rings. The lowest BCUT2D eigenvalue weighted by Crippen LogP contribution is -2.24. The van der Waals surface area contributed by atoms with E-state index < -0.39 is 10.0 Å². The minimum atomic E-state index is -3.15. The number of hydrogen-bond acceptors (Lipinski definition) is 4. The van der Waals surface area contributed by atoms with E-state index in [4.69, 9.17) is 17.3 Å². The molecule has 0 aliphatic heterocycles. The van der Waals surface area contributed by atoms with Crippen LogP contribution in [0.2, 0.25) is 5.02 Å². The Morgan fingerprint density at radius 1 is 1.47 bits per heavy atom. The fourth-order valence-corrected chi connectivity index (χ4v) is 2.59. The summed E-state index contributed by atoms with van der Waals surface area (Å²) in [6.45, 7) is 0.934. The average molecular weight is 303 g/mol. The van der Waals surface area contributed by atoms with Crippen LogP contribution in [0.4, 0.5) is 5.95 Å². The molecular weight excluding hydrogens is 288 g/mol. The van der Waals surface area contributed by atoms with Crippen molar-refractivity contribution >= 4 is 38.6 Å². The fraction of sp³-hybridized carbons (Fsp3) is 0.364. The number of imidazole rings is 1. The van der Waals surface area contributed by atoms with Crippen LogP contribution in [0.25, 0.3) is 11.0 Å². The van der Waals surface area contributed by atoms with Gasteiger partial charge < -0.3 is 10.3 Å². The van der Waals surface area contributed by atoms with Gasteiger partial charge in [-0.3, -0.25) is 0 Å². The molecule has 0 amide bonds. The number of nitrogens with one attached hydrogen (secondary N) is 1. The molecule has 0 fully saturated rings. The maximum absolute atomic E-state index is 10.9. The highest BCUT2D eigenvalue weighted by Crippen LogP contribution is 2.24. The minimum Gasteiger partial charge on any atom is -0.369 e. The molecule has 0 aliphatic carbocycles. The number of nitrogens with zero attached hydrogens (tertiary/aromatic N) is 2. The summed E-state index contributed by atoms with van der Waals surface area (Å²) in [5.41, 5.74) is 7.36. The Morgan fingerprint density at radius 3 is 2.89 bits per heavy atom. The van der Waals surface area contributed by atoms with Gasteiger partial charge in [0.15, 0.2) is 0 Å². The molecule has 0 spiro atoms. The van der Waals surface area contributed by atoms with Gasteiger partial charge in [-0.25, -0.2) is 18.1 Å². The molecule has 0 atom stereocenters. The number of anilines is 1. The summed E-state index contributed by atoms with van der Waals surface area (Å²) in [5, 5.41) is 0.553. The van der Waals surface area contributed by atoms with Crippen LogP contribution in [-0.4, -0.2) is 30.8 Å². The van der Waals surface area contributed by atoms with E-state index in [0.717, 1.165) is 11.8 Å². The third kappa shape index (κ3) is 3.37. The highest BCUT2D eigenvalue weighted by Gasteiger charge is 2.10. The second-order valence-electron chi connectivity index (χ2n) is 4.25. The van der Waals surface area contributed by atoms with Crippen LogP contribution >= 0.6 is 11.6 Å². The Balaban J connectivity index is 2.13. The topological polar surface area (TPSA) is 90.0 Å². The molecule has 3 N–H and O–H groups in total. The number of hydrogen-bond donors (Lipinski definition) is 2. The summed E-state index contributed by atoms with van der Waals surface area (Å²) in [4.78, 5) is 4.21. The van der Waals surface area contributed by atoms with Crippen molar-refractivity contribution in [3.8, 4) is 0 Å². The standard InChI is InChI=1S/C11H15ClN4O2S/c1-19(17,18)14-6-3-7-16-9-5-2-4-8(12)10(9)15-11(16)13/h2,4-5,14H,3,6-7H2,1H3,(H2,13,15). The highest BCUT2D eigenvalue weighted by atomic mass is 35.5. The van der Waals surface area contributed by atoms with Gasteiger partial charge in [-0.2, -0.15) is 0 Å². The van der Waals surface area contributed by atoms with Crippen molar-refractivity contribution in [2.24, 2.45) is 0 Å². The van der Waals surface area contributed by atoms with Crippen molar-refractivity contribution in [1.82, 2.24) is 14.3 Å². The summed E-state index contributed by atoms with van der Waals surface area (Å²) in [7, 11) is -3.15. The second-order valence-corrected chi connectivity index (χ2v) is 6.49. The monoisotopic (exact) mass is 302 g/mol. The maximum atomic E-state index is 10.9. The normalized spacial score (nSPS) is 12.1. The van der Waals surface area contributed by atoms with Crippen molar-refractivity contribution < 1.29 is 8.42 Å². The molecule has 19 heavy (non-hydrogen) atoms. The zero-order chi connectivity index (χ0) is 14.0. The number of nitrogens with two attached hydrogens (primary N) is 1. The van der Waals surface area contributed by atoms with Gasteiger partial charge in [-0.05, 0) is 18.6 Å². The molecular formula is C11H15ClN4O2S. The van der Waals surface area contributed by atoms with Gasteiger partial charge in [-0.1, -0.05) is 17.7 Å². The van der Waals surface area contributed by atoms with Crippen LogP contribution in [0.3, 0.4) is 0 Å². The number of nitrogen functional groups attached to an aromatic ring is 1. The molecule has 8 heteroatoms. The van der Waals surface area contributed by atoms with Gasteiger partial charge in [0.05, 0.1) is 16.8 Å². The van der Waals surface area contributed by atoms with Gasteiger partial charge in [0.2, 0.25) is 16.0 Å². The Labute approximate surface area is 116 Å². The van der Waals surface area contributed by atoms with E-state index in [1.54, 1.807) is 6.07 Å². The smallest absolute Gasteiger partial charge is 0.208 e. The van der Waals surface area contributed by atoms with Gasteiger partial charge >= 0.3 is 0 Å². The molecule has 104 valence electrons. The number of fused-ring (bicyclic) bond motifs is 1. The van der Waals surface area contributed by atoms with E-state index in [-0.39, 0.29) is 0 Å². The Hall–Kier alpha value is -1.31. The number of para-hydroxylation sites is 1. The van der Waals surface area contributed by atoms with E-state index >= 15 is 0 Å². The summed E-state index contributed by atoms with van der Waals surface area (Å²) < 4.78 is 26.1. The first-order valence-corrected chi connectivity index (χ1v) is 8.00. The molecule has 0 aliphatic rings. The first kappa shape index (κ1) is 14.1. The van der Waals surface area contributed by atoms with E-state index in [1.165, 1.54) is 0 Å². The molecule has 1 aromatic heterocycles. The second kappa shape index (κ2) is 5.36. The molecule has 2 rings (SSSR count). The first-order valence-electron chi connectivity index (χ1n) is 5.73. The van der Waals surface area contributed by atoms with Crippen LogP contribution < -0.4 is 10.5 Å². The lowest BCUT2D eigenvalue weighted by atomic mass is 10.3. The average Bonchev–Trinajstić information content (AvgIpc) is 2.62. The van der Waals surface area contributed by atoms with Crippen LogP contribution in [0.5, 0.6) is 0 Å². The van der Waals surface area contributed by atoms with Crippen molar-refractivity contribution in [2.45, 2.75) is 13.0 Å². The van der Waals surface area contributed by atoms with Gasteiger partial charge in [0, 0.05) is 13.1 Å². The van der Waals surface area contributed by atoms with Crippen molar-refractivity contribution in [3.05, 3.63) is 23.2 Å². The predicted octanol–water partition coefficient (Wildman–Crippen LogP) is 1.21. The number of aryl methyl sites for hydroxylation is 1. The van der Waals surface area contributed by atoms with E-state index in [9.17, 15) is 8.42 Å². The molecule has 0 radical (unpaired) electrons. The number of benzene rings is 1. The zero-order valence-corrected chi connectivity index (χ0v) is 12.0. The van der Waals surface area contributed by atoms with Gasteiger partial charge in [0.25, 0.3) is 0 Å². The van der Waals surface area contributed by atoms with Crippen LogP contribution in [-0.2, 0) is 16.6 Å². The highest BCUT2D eigenvalue weighted by molar-refractivity contribution is 7.88. The predicted molar refractivity (Wildman–Crippen MR) is 76.6 cm³/mol. The summed E-state index contributed by atoms with van der Waals surface area (Å²) in [5.74, 6) is 0.377. The van der Waals surface area contributed by atoms with Crippen LogP contribution in [0.15, 0.2) is 18.2 Å². The van der Waals surface area contributed by atoms with Crippen molar-refractivity contribution in [2.75, 3.05) is 18.5 Å². The SMILES string of the molecule is CS(=O)(=O)NCCCn1c(N)nc2c(Cl)cccc21. The largest absolute Gasteiger partial charge is 0.369 e. The molecule has 0 saturated heterocycles. The summed E-state index contributed by atoms with van der Waals surface area (Å²) in [6, 6.07) is 5.47. The van der Waals surface area contributed by atoms with E-state index in [2.05, 4.69) is 9.71 Å². The molecule has 6 nitrogen and oxygen atoms in total. The Morgan fingerprint density at radius 2 is 2.21 bits per heavy atom. The lowest BCUT2D eigenvalue weighted by Gasteiger charge is -2.06. The van der Waals surface area contributed by atoms with Gasteiger partial charge in [-0.15, -0.1) is 0 Å². The molecule has 0 bridgehead atoms. The van der Waals surface area contributed by atoms with Crippen LogP contribution in [0.1, 0.15) is 6.42 Å². The number of halogens is 1. The molecule has 0 saturated carbocycles. The molecule has 0 unspecified atom stereocenters. The van der Waals surface area contributed by atoms with Crippen LogP contribution in [0, 0.1) is 0 Å². The quantitative estimate of drug-likeness (QED) is 0.812. The molecule has 1 aromatic carbocycles. The molecule has 1 heterocycles. The lowest BCUT2D eigenvalue weighted by molar-refractivity contribution is 0.578. The Kier molecular flexibility index (Phi) is 3.98. The van der Waals surface area contributed by atoms with E-state index in [1.807, 2.05) is 16.7 Å². The van der Waals surface area contributed by atoms with Crippen molar-refractivity contribution in [1.29, 1.82) is 0 Å².